The van der Waals surface area contributed by atoms with Crippen LogP contribution < -0.4 is 0 Å². The van der Waals surface area contributed by atoms with Crippen molar-refractivity contribution in [1.82, 2.24) is 19.6 Å². The summed E-state index contributed by atoms with van der Waals surface area (Å²) in [4.78, 5) is 47.4. The first-order chi connectivity index (χ1) is 45.0. The van der Waals surface area contributed by atoms with E-state index in [9.17, 15) is 34.8 Å². The van der Waals surface area contributed by atoms with Crippen LogP contribution in [0.15, 0.2) is 0 Å². The van der Waals surface area contributed by atoms with Crippen molar-refractivity contribution in [2.45, 2.75) is 366 Å². The molecule has 92 heavy (non-hydrogen) atoms. The van der Waals surface area contributed by atoms with Crippen LogP contribution in [-0.2, 0) is 33.3 Å². The van der Waals surface area contributed by atoms with Crippen molar-refractivity contribution in [2.75, 3.05) is 112 Å². The molecule has 546 valence electrons. The van der Waals surface area contributed by atoms with E-state index in [4.69, 9.17) is 18.9 Å². The Balaban J connectivity index is 2.81. The van der Waals surface area contributed by atoms with Gasteiger partial charge < -0.3 is 39.4 Å². The fraction of sp³-hybridized carbons (Fsp3) is 0.961. The highest BCUT2D eigenvalue weighted by Gasteiger charge is 2.23. The minimum absolute atomic E-state index is 0.0682. The third-order valence-corrected chi connectivity index (χ3v) is 18.9. The van der Waals surface area contributed by atoms with Crippen LogP contribution >= 0.6 is 0 Å². The van der Waals surface area contributed by atoms with Crippen LogP contribution in [-0.4, -0.2) is 194 Å². The van der Waals surface area contributed by atoms with Gasteiger partial charge in [0.1, 0.15) is 38.1 Å². The summed E-state index contributed by atoms with van der Waals surface area (Å²) in [6.45, 7) is 13.1. The summed E-state index contributed by atoms with van der Waals surface area (Å²) in [5, 5.41) is 44.9. The SMILES string of the molecule is CCCCCCCCCCCCCCCCCC(=O)OCC(O)CN1CCCN(CC(O)COC(=O)CCCCCCCCCCCCCCCCC)CCN(CC(O)COC(=O)CCCCCCCCCCCCCCCCC)CCCN(CC(O)COC)CC1. The molecule has 0 bridgehead atoms. The van der Waals surface area contributed by atoms with E-state index in [1.807, 2.05) is 0 Å². The molecule has 0 saturated carbocycles. The van der Waals surface area contributed by atoms with Crippen molar-refractivity contribution < 1.29 is 53.8 Å². The highest BCUT2D eigenvalue weighted by Crippen LogP contribution is 2.18. The van der Waals surface area contributed by atoms with Gasteiger partial charge in [-0.25, -0.2) is 0 Å². The van der Waals surface area contributed by atoms with Crippen LogP contribution in [0.3, 0.4) is 0 Å². The second-order valence-electron chi connectivity index (χ2n) is 28.1. The number of unbranched alkanes of at least 4 members (excludes halogenated alkanes) is 42. The monoisotopic (exact) mass is 1310 g/mol. The van der Waals surface area contributed by atoms with Crippen LogP contribution in [0.4, 0.5) is 0 Å². The molecule has 0 spiro atoms. The van der Waals surface area contributed by atoms with Gasteiger partial charge in [0.2, 0.25) is 0 Å². The van der Waals surface area contributed by atoms with E-state index in [-0.39, 0.29) is 44.3 Å². The number of methoxy groups -OCH3 is 1. The Morgan fingerprint density at radius 2 is 0.446 bits per heavy atom. The summed E-state index contributed by atoms with van der Waals surface area (Å²) >= 11 is 0. The summed E-state index contributed by atoms with van der Waals surface area (Å²) in [5.74, 6) is -0.811. The summed E-state index contributed by atoms with van der Waals surface area (Å²) < 4.78 is 22.2. The standard InChI is InChI=1S/C77H152N4O11/c1-5-8-11-14-17-20-23-26-29-32-35-38-41-44-47-52-75(86)90-68-72(83)64-79-57-51-58-81(66-74(85)70-92-77(88)54-49-46-43-40-37-34-31-28-25-22-19-16-13-10-7-3)62-61-80(56-50-55-78(59-60-79)63-71(82)67-89-4)65-73(84)69-91-76(87)53-48-45-42-39-36-33-30-27-24-21-18-15-12-9-6-2/h71-74,82-85H,5-70H2,1-4H3. The lowest BCUT2D eigenvalue weighted by Gasteiger charge is -2.34. The molecule has 0 aromatic carbocycles. The maximum Gasteiger partial charge on any atom is 0.305 e. The number of ether oxygens (including phenoxy) is 4. The van der Waals surface area contributed by atoms with E-state index in [0.717, 1.165) is 64.2 Å². The van der Waals surface area contributed by atoms with Crippen molar-refractivity contribution in [3.63, 3.8) is 0 Å². The van der Waals surface area contributed by atoms with E-state index >= 15 is 0 Å². The summed E-state index contributed by atoms with van der Waals surface area (Å²) in [6, 6.07) is 0. The van der Waals surface area contributed by atoms with Crippen LogP contribution in [0, 0.1) is 0 Å². The number of esters is 3. The molecule has 15 nitrogen and oxygen atoms in total. The number of hydrogen-bond donors (Lipinski definition) is 4. The lowest BCUT2D eigenvalue weighted by Crippen LogP contribution is -2.47. The van der Waals surface area contributed by atoms with E-state index in [1.165, 1.54) is 231 Å². The van der Waals surface area contributed by atoms with Gasteiger partial charge in [-0.3, -0.25) is 34.0 Å². The maximum absolute atomic E-state index is 12.9. The van der Waals surface area contributed by atoms with Crippen LogP contribution in [0.5, 0.6) is 0 Å². The number of aliphatic hydroxyl groups excluding tert-OH is 4. The third-order valence-electron chi connectivity index (χ3n) is 18.9. The number of carbonyl (C=O) groups is 3. The van der Waals surface area contributed by atoms with E-state index in [2.05, 4.69) is 40.4 Å². The van der Waals surface area contributed by atoms with Crippen molar-refractivity contribution in [3.8, 4) is 0 Å². The molecule has 0 radical (unpaired) electrons. The molecule has 1 aliphatic rings. The number of β-amino-alcohol motifs (C(OH)–C–C–N with tert-alkyl or cyclic N) is 4. The predicted octanol–water partition coefficient (Wildman–Crippen LogP) is 16.5. The van der Waals surface area contributed by atoms with Crippen molar-refractivity contribution in [1.29, 1.82) is 0 Å². The van der Waals surface area contributed by atoms with Gasteiger partial charge in [-0.15, -0.1) is 0 Å². The zero-order valence-corrected chi connectivity index (χ0v) is 60.9. The first kappa shape index (κ1) is 88.1. The Hall–Kier alpha value is -1.95. The first-order valence-corrected chi connectivity index (χ1v) is 39.6. The van der Waals surface area contributed by atoms with Crippen molar-refractivity contribution in [2.24, 2.45) is 0 Å². The van der Waals surface area contributed by atoms with Gasteiger partial charge in [0, 0.05) is 78.7 Å². The van der Waals surface area contributed by atoms with Crippen molar-refractivity contribution >= 4 is 17.9 Å². The normalized spacial score (nSPS) is 15.9. The average Bonchev–Trinajstić information content (AvgIpc) is 3.06. The molecule has 0 aliphatic carbocycles. The highest BCUT2D eigenvalue weighted by atomic mass is 16.6. The zero-order chi connectivity index (χ0) is 66.8. The second-order valence-corrected chi connectivity index (χ2v) is 28.1. The summed E-state index contributed by atoms with van der Waals surface area (Å²) in [6.07, 6.45) is 56.0. The number of carbonyl (C=O) groups excluding carboxylic acids is 3. The van der Waals surface area contributed by atoms with Gasteiger partial charge in [0.25, 0.3) is 0 Å². The first-order valence-electron chi connectivity index (χ1n) is 39.6. The van der Waals surface area contributed by atoms with Gasteiger partial charge in [-0.1, -0.05) is 290 Å². The average molecular weight is 1310 g/mol. The molecular weight excluding hydrogens is 1160 g/mol. The molecule has 1 fully saturated rings. The number of aliphatic hydroxyl groups is 4. The Morgan fingerprint density at radius 3 is 0.630 bits per heavy atom. The van der Waals surface area contributed by atoms with Gasteiger partial charge >= 0.3 is 17.9 Å². The zero-order valence-electron chi connectivity index (χ0n) is 60.9. The Labute approximate surface area is 567 Å². The molecule has 0 aromatic rings. The summed E-state index contributed by atoms with van der Waals surface area (Å²) in [5.41, 5.74) is 0. The van der Waals surface area contributed by atoms with Crippen LogP contribution in [0.2, 0.25) is 0 Å². The topological polar surface area (TPSA) is 182 Å². The molecule has 4 N–H and O–H groups in total. The minimum Gasteiger partial charge on any atom is -0.463 e. The molecule has 4 atom stereocenters. The molecule has 1 aliphatic heterocycles. The Morgan fingerprint density at radius 1 is 0.272 bits per heavy atom. The van der Waals surface area contributed by atoms with Gasteiger partial charge in [-0.05, 0) is 58.3 Å². The largest absolute Gasteiger partial charge is 0.463 e. The second kappa shape index (κ2) is 67.6. The van der Waals surface area contributed by atoms with E-state index in [1.54, 1.807) is 7.11 Å². The fourth-order valence-electron chi connectivity index (χ4n) is 13.1. The maximum atomic E-state index is 12.9. The third kappa shape index (κ3) is 60.5. The molecule has 1 heterocycles. The Bertz CT molecular complexity index is 1580. The molecule has 15 heteroatoms. The fourth-order valence-corrected chi connectivity index (χ4v) is 13.1. The van der Waals surface area contributed by atoms with E-state index in [0.29, 0.717) is 104 Å². The van der Waals surface area contributed by atoms with Gasteiger partial charge in [0.15, 0.2) is 0 Å². The quantitative estimate of drug-likeness (QED) is 0.0256. The number of nitrogens with zero attached hydrogens (tertiary/aromatic N) is 4. The molecular formula is C77H152N4O11. The lowest BCUT2D eigenvalue weighted by atomic mass is 10.0. The number of rotatable bonds is 64. The van der Waals surface area contributed by atoms with Gasteiger partial charge in [0.05, 0.1) is 12.7 Å². The van der Waals surface area contributed by atoms with Gasteiger partial charge in [-0.2, -0.15) is 0 Å². The predicted molar refractivity (Wildman–Crippen MR) is 382 cm³/mol. The smallest absolute Gasteiger partial charge is 0.305 e. The summed E-state index contributed by atoms with van der Waals surface area (Å²) in [7, 11) is 1.58. The minimum atomic E-state index is -0.893. The van der Waals surface area contributed by atoms with Crippen LogP contribution in [0.1, 0.15) is 342 Å². The molecule has 4 unspecified atom stereocenters. The van der Waals surface area contributed by atoms with Crippen molar-refractivity contribution in [3.05, 3.63) is 0 Å². The molecule has 0 amide bonds. The molecule has 0 aromatic heterocycles. The number of hydrogen-bond acceptors (Lipinski definition) is 15. The van der Waals surface area contributed by atoms with Crippen LogP contribution in [0.25, 0.3) is 0 Å². The highest BCUT2D eigenvalue weighted by molar-refractivity contribution is 5.70. The molecule has 1 saturated heterocycles. The van der Waals surface area contributed by atoms with E-state index < -0.39 is 24.4 Å². The molecule has 1 rings (SSSR count). The Kier molecular flexibility index (Phi) is 64.7. The lowest BCUT2D eigenvalue weighted by molar-refractivity contribution is -0.148.